The number of anilines is 2. The highest BCUT2D eigenvalue weighted by atomic mass is 16.5. The molecule has 1 aliphatic rings. The number of rotatable bonds is 6. The van der Waals surface area contributed by atoms with E-state index >= 15 is 0 Å². The summed E-state index contributed by atoms with van der Waals surface area (Å²) in [6.07, 6.45) is 3.16. The molecule has 4 rings (SSSR count). The van der Waals surface area contributed by atoms with E-state index < -0.39 is 17.7 Å². The number of methoxy groups -OCH3 is 2. The van der Waals surface area contributed by atoms with Gasteiger partial charge in [-0.1, -0.05) is 6.07 Å². The predicted molar refractivity (Wildman–Crippen MR) is 129 cm³/mol. The van der Waals surface area contributed by atoms with Gasteiger partial charge in [-0.25, -0.2) is 0 Å². The molecule has 2 heterocycles. The summed E-state index contributed by atoms with van der Waals surface area (Å²) in [6, 6.07) is 14.8. The van der Waals surface area contributed by atoms with E-state index in [-0.39, 0.29) is 16.9 Å². The molecule has 0 radical (unpaired) electrons. The molecule has 0 spiro atoms. The van der Waals surface area contributed by atoms with Gasteiger partial charge >= 0.3 is 0 Å². The number of ether oxygens (including phenoxy) is 2. The molecule has 1 aromatic heterocycles. The average Bonchev–Trinajstić information content (AvgIpc) is 3.13. The second-order valence-electron chi connectivity index (χ2n) is 7.90. The number of ketones is 1. The number of pyridine rings is 1. The van der Waals surface area contributed by atoms with Gasteiger partial charge in [-0.05, 0) is 54.1 Å². The molecular weight excluding hydrogens is 434 g/mol. The van der Waals surface area contributed by atoms with Crippen LogP contribution in [-0.4, -0.2) is 50.1 Å². The number of aliphatic hydroxyl groups is 1. The summed E-state index contributed by atoms with van der Waals surface area (Å²) in [6.45, 7) is 0. The maximum Gasteiger partial charge on any atom is 0.300 e. The summed E-state index contributed by atoms with van der Waals surface area (Å²) in [5.74, 6) is -1.29. The van der Waals surface area contributed by atoms with Gasteiger partial charge < -0.3 is 19.5 Å². The van der Waals surface area contributed by atoms with Gasteiger partial charge in [0.05, 0.1) is 25.8 Å². The first-order valence-corrected chi connectivity index (χ1v) is 10.6. The van der Waals surface area contributed by atoms with Crippen LogP contribution in [0.2, 0.25) is 0 Å². The minimum atomic E-state index is -0.872. The summed E-state index contributed by atoms with van der Waals surface area (Å²) in [5, 5.41) is 11.4. The first-order valence-electron chi connectivity index (χ1n) is 10.6. The van der Waals surface area contributed by atoms with Crippen LogP contribution in [0, 0.1) is 0 Å². The first-order chi connectivity index (χ1) is 16.4. The maximum atomic E-state index is 13.3. The second-order valence-corrected chi connectivity index (χ2v) is 7.90. The highest BCUT2D eigenvalue weighted by Crippen LogP contribution is 2.45. The third kappa shape index (κ3) is 3.83. The topological polar surface area (TPSA) is 92.2 Å². The molecule has 1 fully saturated rings. The molecule has 0 bridgehead atoms. The van der Waals surface area contributed by atoms with Crippen LogP contribution >= 0.6 is 0 Å². The van der Waals surface area contributed by atoms with Crippen LogP contribution in [-0.2, 0) is 9.59 Å². The quantitative estimate of drug-likeness (QED) is 0.341. The standard InChI is InChI=1S/C26H25N3O5/c1-28(2)17-8-10-18(11-9-17)29-23(16-12-14-27-15-13-16)22(25(31)26(29)32)24(30)21-19(33-3)6-5-7-20(21)34-4/h5-15,23,30H,1-4H3/b24-22+. The minimum Gasteiger partial charge on any atom is -0.506 e. The van der Waals surface area contributed by atoms with Crippen LogP contribution in [0.1, 0.15) is 17.2 Å². The molecule has 0 saturated carbocycles. The lowest BCUT2D eigenvalue weighted by molar-refractivity contribution is -0.132. The minimum absolute atomic E-state index is 0.0595. The van der Waals surface area contributed by atoms with Crippen LogP contribution < -0.4 is 19.3 Å². The fraction of sp³-hybridized carbons (Fsp3) is 0.192. The Labute approximate surface area is 197 Å². The number of amides is 1. The van der Waals surface area contributed by atoms with E-state index in [1.807, 2.05) is 31.1 Å². The van der Waals surface area contributed by atoms with Crippen LogP contribution in [0.4, 0.5) is 11.4 Å². The molecule has 1 N–H and O–H groups in total. The van der Waals surface area contributed by atoms with Crippen LogP contribution in [0.5, 0.6) is 11.5 Å². The number of carbonyl (C=O) groups excluding carboxylic acids is 2. The summed E-state index contributed by atoms with van der Waals surface area (Å²) in [5.41, 5.74) is 2.24. The average molecular weight is 460 g/mol. The van der Waals surface area contributed by atoms with Crippen molar-refractivity contribution in [2.45, 2.75) is 6.04 Å². The summed E-state index contributed by atoms with van der Waals surface area (Å²) < 4.78 is 10.8. The maximum absolute atomic E-state index is 13.3. The molecule has 34 heavy (non-hydrogen) atoms. The number of hydrogen-bond donors (Lipinski definition) is 1. The number of nitrogens with zero attached hydrogens (tertiary/aromatic N) is 3. The number of carbonyl (C=O) groups is 2. The third-order valence-electron chi connectivity index (χ3n) is 5.78. The van der Waals surface area contributed by atoms with Gasteiger partial charge in [-0.15, -0.1) is 0 Å². The first kappa shape index (κ1) is 22.8. The zero-order valence-electron chi connectivity index (χ0n) is 19.4. The van der Waals surface area contributed by atoms with Gasteiger partial charge in [0.25, 0.3) is 11.7 Å². The molecule has 2 aromatic carbocycles. The Hall–Kier alpha value is -4.33. The van der Waals surface area contributed by atoms with Crippen molar-refractivity contribution in [3.63, 3.8) is 0 Å². The van der Waals surface area contributed by atoms with Gasteiger partial charge in [-0.3, -0.25) is 19.5 Å². The fourth-order valence-corrected chi connectivity index (χ4v) is 4.09. The molecule has 174 valence electrons. The monoisotopic (exact) mass is 459 g/mol. The Kier molecular flexibility index (Phi) is 6.23. The lowest BCUT2D eigenvalue weighted by atomic mass is 9.95. The molecule has 1 unspecified atom stereocenters. The number of hydrogen-bond acceptors (Lipinski definition) is 7. The number of aromatic nitrogens is 1. The largest absolute Gasteiger partial charge is 0.506 e. The number of aliphatic hydroxyl groups excluding tert-OH is 1. The van der Waals surface area contributed by atoms with Gasteiger partial charge in [0.2, 0.25) is 0 Å². The van der Waals surface area contributed by atoms with Crippen molar-refractivity contribution in [3.05, 3.63) is 83.7 Å². The Bertz CT molecular complexity index is 1230. The SMILES string of the molecule is COc1cccc(OC)c1/C(O)=C1\C(=O)C(=O)N(c2ccc(N(C)C)cc2)C1c1ccncc1. The normalized spacial score (nSPS) is 17.1. The van der Waals surface area contributed by atoms with Gasteiger partial charge in [0, 0.05) is 37.9 Å². The molecule has 8 heteroatoms. The van der Waals surface area contributed by atoms with E-state index in [9.17, 15) is 14.7 Å². The zero-order valence-corrected chi connectivity index (χ0v) is 19.4. The van der Waals surface area contributed by atoms with Crippen molar-refractivity contribution in [2.75, 3.05) is 38.1 Å². The molecule has 8 nitrogen and oxygen atoms in total. The van der Waals surface area contributed by atoms with E-state index in [2.05, 4.69) is 4.98 Å². The molecule has 1 saturated heterocycles. The summed E-state index contributed by atoms with van der Waals surface area (Å²) >= 11 is 0. The van der Waals surface area contributed by atoms with Crippen molar-refractivity contribution in [2.24, 2.45) is 0 Å². The van der Waals surface area contributed by atoms with E-state index in [0.717, 1.165) is 5.69 Å². The lowest BCUT2D eigenvalue weighted by Crippen LogP contribution is -2.29. The van der Waals surface area contributed by atoms with Crippen molar-refractivity contribution < 1.29 is 24.2 Å². The predicted octanol–water partition coefficient (Wildman–Crippen LogP) is 3.79. The van der Waals surface area contributed by atoms with Gasteiger partial charge in [0.15, 0.2) is 0 Å². The summed E-state index contributed by atoms with van der Waals surface area (Å²) in [4.78, 5) is 34.0. The lowest BCUT2D eigenvalue weighted by Gasteiger charge is -2.26. The van der Waals surface area contributed by atoms with Crippen LogP contribution in [0.15, 0.2) is 72.6 Å². The van der Waals surface area contributed by atoms with E-state index in [1.165, 1.54) is 19.1 Å². The van der Waals surface area contributed by atoms with E-state index in [0.29, 0.717) is 22.7 Å². The van der Waals surface area contributed by atoms with E-state index in [1.54, 1.807) is 54.9 Å². The van der Waals surface area contributed by atoms with Crippen LogP contribution in [0.25, 0.3) is 5.76 Å². The summed E-state index contributed by atoms with van der Waals surface area (Å²) in [7, 11) is 6.74. The smallest absolute Gasteiger partial charge is 0.300 e. The highest BCUT2D eigenvalue weighted by Gasteiger charge is 2.47. The highest BCUT2D eigenvalue weighted by molar-refractivity contribution is 6.51. The van der Waals surface area contributed by atoms with Gasteiger partial charge in [-0.2, -0.15) is 0 Å². The Morgan fingerprint density at radius 2 is 1.53 bits per heavy atom. The fourth-order valence-electron chi connectivity index (χ4n) is 4.09. The molecule has 1 atom stereocenters. The third-order valence-corrected chi connectivity index (χ3v) is 5.78. The Morgan fingerprint density at radius 3 is 2.06 bits per heavy atom. The van der Waals surface area contributed by atoms with Crippen molar-refractivity contribution in [3.8, 4) is 11.5 Å². The molecule has 1 amide bonds. The van der Waals surface area contributed by atoms with Crippen molar-refractivity contribution in [1.82, 2.24) is 4.98 Å². The molecule has 1 aliphatic heterocycles. The molecular formula is C26H25N3O5. The Balaban J connectivity index is 1.96. The van der Waals surface area contributed by atoms with Crippen molar-refractivity contribution >= 4 is 28.8 Å². The zero-order chi connectivity index (χ0) is 24.4. The molecule has 3 aromatic rings. The van der Waals surface area contributed by atoms with Gasteiger partial charge in [0.1, 0.15) is 22.8 Å². The second kappa shape index (κ2) is 9.27. The molecule has 0 aliphatic carbocycles. The van der Waals surface area contributed by atoms with Crippen molar-refractivity contribution in [1.29, 1.82) is 0 Å². The van der Waals surface area contributed by atoms with Crippen LogP contribution in [0.3, 0.4) is 0 Å². The van der Waals surface area contributed by atoms with E-state index in [4.69, 9.17) is 9.47 Å². The number of Topliss-reactive ketones (excluding diaryl/α,β-unsaturated/α-hetero) is 1. The Morgan fingerprint density at radius 1 is 0.941 bits per heavy atom. The number of benzene rings is 2.